The first-order chi connectivity index (χ1) is 13.6. The number of thioether (sulfide) groups is 1. The summed E-state index contributed by atoms with van der Waals surface area (Å²) in [5.41, 5.74) is -0.164. The van der Waals surface area contributed by atoms with Gasteiger partial charge in [0, 0.05) is 36.2 Å². The van der Waals surface area contributed by atoms with Gasteiger partial charge < -0.3 is 24.3 Å². The van der Waals surface area contributed by atoms with E-state index in [9.17, 15) is 24.0 Å². The van der Waals surface area contributed by atoms with Crippen molar-refractivity contribution in [3.05, 3.63) is 34.7 Å². The lowest BCUT2D eigenvalue weighted by Crippen LogP contribution is -2.71. The number of amides is 2. The molecule has 0 bridgehead atoms. The molecule has 0 aliphatic carbocycles. The fourth-order valence-corrected chi connectivity index (χ4v) is 4.93. The lowest BCUT2D eigenvalue weighted by Gasteiger charge is -2.43. The summed E-state index contributed by atoms with van der Waals surface area (Å²) < 4.78 is 10.5. The lowest BCUT2D eigenvalue weighted by atomic mass is 9.96. The van der Waals surface area contributed by atoms with E-state index in [1.165, 1.54) is 52.7 Å². The molecule has 2 amide bonds. The van der Waals surface area contributed by atoms with E-state index >= 15 is 0 Å². The highest BCUT2D eigenvalue weighted by Crippen LogP contribution is 2.51. The molecule has 1 N–H and O–H groups in total. The molecular formula is C18H21N3O7S. The van der Waals surface area contributed by atoms with Gasteiger partial charge >= 0.3 is 11.9 Å². The van der Waals surface area contributed by atoms with Crippen molar-refractivity contribution in [2.75, 3.05) is 6.79 Å². The van der Waals surface area contributed by atoms with Crippen LogP contribution in [0.2, 0.25) is 0 Å². The summed E-state index contributed by atoms with van der Waals surface area (Å²) >= 11 is 1.39. The molecule has 2 aliphatic rings. The normalized spacial score (nSPS) is 24.3. The van der Waals surface area contributed by atoms with Gasteiger partial charge in [0.1, 0.15) is 24.0 Å². The number of fused-ring (bicyclic) bond motifs is 1. The quantitative estimate of drug-likeness (QED) is 0.368. The minimum Gasteiger partial charge on any atom is -0.428 e. The number of esters is 2. The molecule has 0 saturated carbocycles. The average molecular weight is 423 g/mol. The zero-order chi connectivity index (χ0) is 21.3. The van der Waals surface area contributed by atoms with Crippen molar-refractivity contribution >= 4 is 35.5 Å². The van der Waals surface area contributed by atoms with Crippen LogP contribution in [0.4, 0.5) is 0 Å². The molecule has 2 fully saturated rings. The van der Waals surface area contributed by atoms with Crippen LogP contribution in [0, 0.1) is 0 Å². The summed E-state index contributed by atoms with van der Waals surface area (Å²) in [4.78, 5) is 60.7. The van der Waals surface area contributed by atoms with Crippen LogP contribution >= 0.6 is 11.8 Å². The molecule has 1 aromatic heterocycles. The SMILES string of the molecule is CC(=O)OCOC(=O)[C@@H]1N2C(=O)C(NC(=O)Cn3ccc(=O)cc3)[C@H]2SC1(C)C. The van der Waals surface area contributed by atoms with Gasteiger partial charge in [0.2, 0.25) is 18.6 Å². The first-order valence-electron chi connectivity index (χ1n) is 8.85. The molecule has 1 unspecified atom stereocenters. The van der Waals surface area contributed by atoms with Crippen LogP contribution in [0.5, 0.6) is 0 Å². The topological polar surface area (TPSA) is 124 Å². The molecule has 11 heteroatoms. The number of hydrogen-bond donors (Lipinski definition) is 1. The van der Waals surface area contributed by atoms with Gasteiger partial charge in [-0.25, -0.2) is 4.79 Å². The van der Waals surface area contributed by atoms with Gasteiger partial charge in [-0.3, -0.25) is 19.2 Å². The second kappa shape index (κ2) is 7.90. The Balaban J connectivity index is 1.61. The second-order valence-electron chi connectivity index (χ2n) is 7.23. The van der Waals surface area contributed by atoms with E-state index in [1.54, 1.807) is 13.8 Å². The molecule has 3 atom stereocenters. The minimum absolute atomic E-state index is 0.0430. The number of rotatable bonds is 6. The molecule has 2 aliphatic heterocycles. The third-order valence-electron chi connectivity index (χ3n) is 4.63. The number of hydrogen-bond acceptors (Lipinski definition) is 8. The van der Waals surface area contributed by atoms with Crippen LogP contribution in [0.3, 0.4) is 0 Å². The number of aromatic nitrogens is 1. The molecule has 3 rings (SSSR count). The van der Waals surface area contributed by atoms with Crippen LogP contribution in [0.25, 0.3) is 0 Å². The maximum atomic E-state index is 12.6. The number of nitrogens with one attached hydrogen (secondary N) is 1. The average Bonchev–Trinajstić information content (AvgIpc) is 2.89. The van der Waals surface area contributed by atoms with Crippen molar-refractivity contribution < 1.29 is 28.7 Å². The Hall–Kier alpha value is -2.82. The maximum absolute atomic E-state index is 12.6. The second-order valence-corrected chi connectivity index (χ2v) is 9.00. The molecule has 0 spiro atoms. The minimum atomic E-state index is -0.854. The van der Waals surface area contributed by atoms with Crippen molar-refractivity contribution in [2.24, 2.45) is 0 Å². The van der Waals surface area contributed by atoms with E-state index in [-0.39, 0.29) is 23.8 Å². The van der Waals surface area contributed by atoms with Crippen LogP contribution in [0.1, 0.15) is 20.8 Å². The summed E-state index contributed by atoms with van der Waals surface area (Å²) in [6.45, 7) is 4.25. The van der Waals surface area contributed by atoms with E-state index in [0.29, 0.717) is 0 Å². The standard InChI is InChI=1S/C18H21N3O7S/c1-10(22)27-9-28-17(26)14-18(2,3)29-16-13(15(25)21(14)16)19-12(24)8-20-6-4-11(23)5-7-20/h4-7,13-14,16H,8-9H2,1-3H3,(H,19,24)/t13?,14-,16+/m0/s1. The number of β-lactam (4-membered cyclic amide) rings is 1. The van der Waals surface area contributed by atoms with Gasteiger partial charge in [0.15, 0.2) is 5.43 Å². The number of nitrogens with zero attached hydrogens (tertiary/aromatic N) is 2. The lowest BCUT2D eigenvalue weighted by molar-refractivity contribution is -0.175. The summed E-state index contributed by atoms with van der Waals surface area (Å²) in [6.07, 6.45) is 2.97. The van der Waals surface area contributed by atoms with E-state index in [1.807, 2.05) is 0 Å². The first-order valence-corrected chi connectivity index (χ1v) is 9.73. The molecule has 3 heterocycles. The van der Waals surface area contributed by atoms with Crippen molar-refractivity contribution in [1.82, 2.24) is 14.8 Å². The Morgan fingerprint density at radius 3 is 2.45 bits per heavy atom. The van der Waals surface area contributed by atoms with Gasteiger partial charge in [-0.05, 0) is 13.8 Å². The van der Waals surface area contributed by atoms with Gasteiger partial charge in [-0.1, -0.05) is 0 Å². The van der Waals surface area contributed by atoms with Crippen LogP contribution in [-0.4, -0.2) is 62.2 Å². The molecule has 2 saturated heterocycles. The van der Waals surface area contributed by atoms with E-state index in [2.05, 4.69) is 10.1 Å². The molecule has 29 heavy (non-hydrogen) atoms. The highest BCUT2D eigenvalue weighted by molar-refractivity contribution is 8.01. The smallest absolute Gasteiger partial charge is 0.333 e. The summed E-state index contributed by atoms with van der Waals surface area (Å²) in [5, 5.41) is 2.28. The maximum Gasteiger partial charge on any atom is 0.333 e. The Morgan fingerprint density at radius 1 is 1.17 bits per heavy atom. The largest absolute Gasteiger partial charge is 0.428 e. The number of carbonyl (C=O) groups is 4. The van der Waals surface area contributed by atoms with Gasteiger partial charge in [-0.2, -0.15) is 0 Å². The number of ether oxygens (including phenoxy) is 2. The predicted octanol–water partition coefficient (Wildman–Crippen LogP) is -0.541. The fraction of sp³-hybridized carbons (Fsp3) is 0.500. The summed E-state index contributed by atoms with van der Waals surface area (Å²) in [7, 11) is 0. The Labute approximate surface area is 170 Å². The Morgan fingerprint density at radius 2 is 1.83 bits per heavy atom. The number of carbonyl (C=O) groups excluding carboxylic acids is 4. The highest BCUT2D eigenvalue weighted by atomic mass is 32.2. The highest BCUT2D eigenvalue weighted by Gasteiger charge is 2.64. The Kier molecular flexibility index (Phi) is 5.69. The van der Waals surface area contributed by atoms with Crippen LogP contribution < -0.4 is 10.7 Å². The molecule has 156 valence electrons. The van der Waals surface area contributed by atoms with Crippen molar-refractivity contribution in [3.8, 4) is 0 Å². The fourth-order valence-electron chi connectivity index (χ4n) is 3.31. The molecule has 0 aromatic carbocycles. The van der Waals surface area contributed by atoms with Crippen LogP contribution in [-0.2, 0) is 35.2 Å². The zero-order valence-electron chi connectivity index (χ0n) is 16.1. The van der Waals surface area contributed by atoms with Crippen molar-refractivity contribution in [2.45, 2.75) is 49.5 Å². The van der Waals surface area contributed by atoms with E-state index < -0.39 is 40.9 Å². The molecular weight excluding hydrogens is 402 g/mol. The van der Waals surface area contributed by atoms with Gasteiger partial charge in [0.25, 0.3) is 0 Å². The van der Waals surface area contributed by atoms with Crippen LogP contribution in [0.15, 0.2) is 29.3 Å². The molecule has 0 radical (unpaired) electrons. The zero-order valence-corrected chi connectivity index (χ0v) is 16.9. The molecule has 10 nitrogen and oxygen atoms in total. The van der Waals surface area contributed by atoms with Gasteiger partial charge in [-0.15, -0.1) is 11.8 Å². The third-order valence-corrected chi connectivity index (χ3v) is 6.20. The molecule has 1 aromatic rings. The van der Waals surface area contributed by atoms with E-state index in [4.69, 9.17) is 4.74 Å². The van der Waals surface area contributed by atoms with E-state index in [0.717, 1.165) is 0 Å². The third kappa shape index (κ3) is 4.29. The van der Waals surface area contributed by atoms with Crippen molar-refractivity contribution in [1.29, 1.82) is 0 Å². The predicted molar refractivity (Wildman–Crippen MR) is 101 cm³/mol. The summed E-state index contributed by atoms with van der Waals surface area (Å²) in [6, 6.07) is 1.07. The monoisotopic (exact) mass is 423 g/mol. The Bertz CT molecular complexity index is 892. The summed E-state index contributed by atoms with van der Waals surface area (Å²) in [5.74, 6) is -2.01. The number of pyridine rings is 1. The first kappa shape index (κ1) is 20.9. The van der Waals surface area contributed by atoms with Gasteiger partial charge in [0.05, 0.1) is 0 Å². The van der Waals surface area contributed by atoms with Crippen molar-refractivity contribution in [3.63, 3.8) is 0 Å².